The van der Waals surface area contributed by atoms with Crippen molar-refractivity contribution in [2.45, 2.75) is 18.9 Å². The molecule has 0 aliphatic heterocycles. The Morgan fingerprint density at radius 1 is 1.89 bits per heavy atom. The highest BCUT2D eigenvalue weighted by Crippen LogP contribution is 2.07. The van der Waals surface area contributed by atoms with Crippen molar-refractivity contribution in [1.82, 2.24) is 0 Å². The van der Waals surface area contributed by atoms with Crippen molar-refractivity contribution in [3.05, 3.63) is 0 Å². The van der Waals surface area contributed by atoms with E-state index in [-0.39, 0.29) is 5.75 Å². The second-order valence-electron chi connectivity index (χ2n) is 1.97. The maximum atomic E-state index is 10.3. The first-order chi connectivity index (χ1) is 4.06. The molecule has 0 heterocycles. The average molecular weight is 149 g/mol. The van der Waals surface area contributed by atoms with E-state index in [1.54, 1.807) is 6.92 Å². The number of carbonyl (C=O) groups is 1. The predicted molar refractivity (Wildman–Crippen MR) is 38.7 cm³/mol. The van der Waals surface area contributed by atoms with Crippen LogP contribution in [0.4, 0.5) is 0 Å². The van der Waals surface area contributed by atoms with Crippen LogP contribution in [0.5, 0.6) is 0 Å². The van der Waals surface area contributed by atoms with Crippen LogP contribution in [-0.4, -0.2) is 22.4 Å². The summed E-state index contributed by atoms with van der Waals surface area (Å²) in [6.07, 6.45) is 0.409. The van der Waals surface area contributed by atoms with Gasteiger partial charge in [0.05, 0.1) is 0 Å². The quantitative estimate of drug-likeness (QED) is 0.499. The van der Waals surface area contributed by atoms with Crippen LogP contribution in [-0.2, 0) is 4.79 Å². The number of nitrogens with two attached hydrogens (primary N) is 1. The first kappa shape index (κ1) is 8.78. The first-order valence-electron chi connectivity index (χ1n) is 2.70. The third-order valence-electron chi connectivity index (χ3n) is 1.34. The maximum Gasteiger partial charge on any atom is 0.324 e. The third kappa shape index (κ3) is 1.87. The van der Waals surface area contributed by atoms with E-state index in [0.29, 0.717) is 6.42 Å². The van der Waals surface area contributed by atoms with E-state index in [1.165, 1.54) is 0 Å². The van der Waals surface area contributed by atoms with Crippen LogP contribution < -0.4 is 5.73 Å². The van der Waals surface area contributed by atoms with Gasteiger partial charge in [-0.1, -0.05) is 6.92 Å². The summed E-state index contributed by atoms with van der Waals surface area (Å²) < 4.78 is 0. The highest BCUT2D eigenvalue weighted by molar-refractivity contribution is 7.80. The second-order valence-corrected chi connectivity index (χ2v) is 2.29. The first-order valence-corrected chi connectivity index (χ1v) is 3.33. The van der Waals surface area contributed by atoms with Gasteiger partial charge in [-0.25, -0.2) is 0 Å². The number of thiol groups is 1. The maximum absolute atomic E-state index is 10.3. The Morgan fingerprint density at radius 2 is 2.33 bits per heavy atom. The summed E-state index contributed by atoms with van der Waals surface area (Å²) in [4.78, 5) is 10.3. The second kappa shape index (κ2) is 3.08. The zero-order valence-corrected chi connectivity index (χ0v) is 6.19. The minimum Gasteiger partial charge on any atom is -0.480 e. The summed E-state index contributed by atoms with van der Waals surface area (Å²) in [5.41, 5.74) is 4.23. The molecule has 0 rings (SSSR count). The minimum absolute atomic E-state index is 0.179. The van der Waals surface area contributed by atoms with Crippen LogP contribution in [0.2, 0.25) is 0 Å². The smallest absolute Gasteiger partial charge is 0.324 e. The zero-order valence-electron chi connectivity index (χ0n) is 5.29. The normalized spacial score (nSPS) is 16.8. The lowest BCUT2D eigenvalue weighted by molar-refractivity contribution is -0.142. The molecule has 0 fully saturated rings. The van der Waals surface area contributed by atoms with Gasteiger partial charge < -0.3 is 10.8 Å². The van der Waals surface area contributed by atoms with Crippen LogP contribution in [0.3, 0.4) is 0 Å². The molecule has 0 radical (unpaired) electrons. The van der Waals surface area contributed by atoms with Gasteiger partial charge in [0, 0.05) is 5.75 Å². The Hall–Kier alpha value is -0.220. The summed E-state index contributed by atoms with van der Waals surface area (Å²) in [5.74, 6) is -0.807. The number of hydrogen-bond acceptors (Lipinski definition) is 3. The number of carboxylic acids is 1. The highest BCUT2D eigenvalue weighted by atomic mass is 32.1. The number of rotatable bonds is 3. The number of hydrogen-bond donors (Lipinski definition) is 3. The van der Waals surface area contributed by atoms with Crippen molar-refractivity contribution >= 4 is 18.6 Å². The Balaban J connectivity index is 4.09. The summed E-state index contributed by atoms with van der Waals surface area (Å²) in [5, 5.41) is 8.46. The molecule has 4 heteroatoms. The lowest BCUT2D eigenvalue weighted by atomic mass is 10.0. The predicted octanol–water partition coefficient (Wildman–Crippen LogP) is 0.108. The molecule has 0 aliphatic rings. The molecule has 0 saturated heterocycles. The molecule has 0 aliphatic carbocycles. The van der Waals surface area contributed by atoms with E-state index in [4.69, 9.17) is 10.8 Å². The van der Waals surface area contributed by atoms with Crippen LogP contribution in [0.25, 0.3) is 0 Å². The molecule has 54 valence electrons. The van der Waals surface area contributed by atoms with E-state index < -0.39 is 11.5 Å². The van der Waals surface area contributed by atoms with E-state index in [1.807, 2.05) is 0 Å². The van der Waals surface area contributed by atoms with E-state index in [9.17, 15) is 4.79 Å². The molecule has 0 amide bonds. The Kier molecular flexibility index (Phi) is 3.00. The molecule has 3 N–H and O–H groups in total. The average Bonchev–Trinajstić information content (AvgIpc) is 1.86. The lowest BCUT2D eigenvalue weighted by Gasteiger charge is -2.19. The van der Waals surface area contributed by atoms with Gasteiger partial charge in [0.2, 0.25) is 0 Å². The van der Waals surface area contributed by atoms with E-state index >= 15 is 0 Å². The van der Waals surface area contributed by atoms with Gasteiger partial charge in [-0.3, -0.25) is 4.79 Å². The van der Waals surface area contributed by atoms with Gasteiger partial charge in [-0.15, -0.1) is 0 Å². The molecule has 0 bridgehead atoms. The Bertz CT molecular complexity index is 112. The molecular formula is C5H11NO2S. The molecule has 0 aromatic carbocycles. The van der Waals surface area contributed by atoms with Gasteiger partial charge in [-0.2, -0.15) is 12.6 Å². The van der Waals surface area contributed by atoms with Crippen molar-refractivity contribution in [3.63, 3.8) is 0 Å². The molecule has 3 nitrogen and oxygen atoms in total. The molecule has 0 saturated carbocycles. The van der Waals surface area contributed by atoms with E-state index in [0.717, 1.165) is 0 Å². The minimum atomic E-state index is -1.14. The van der Waals surface area contributed by atoms with Crippen molar-refractivity contribution < 1.29 is 9.90 Å². The van der Waals surface area contributed by atoms with Crippen LogP contribution in [0.1, 0.15) is 13.3 Å². The van der Waals surface area contributed by atoms with Gasteiger partial charge >= 0.3 is 5.97 Å². The van der Waals surface area contributed by atoms with Crippen molar-refractivity contribution in [1.29, 1.82) is 0 Å². The summed E-state index contributed by atoms with van der Waals surface area (Å²) in [6, 6.07) is 0. The van der Waals surface area contributed by atoms with Crippen molar-refractivity contribution in [2.75, 3.05) is 5.75 Å². The monoisotopic (exact) mass is 149 g/mol. The largest absolute Gasteiger partial charge is 0.480 e. The van der Waals surface area contributed by atoms with E-state index in [2.05, 4.69) is 12.6 Å². The number of aliphatic carboxylic acids is 1. The highest BCUT2D eigenvalue weighted by Gasteiger charge is 2.29. The SMILES string of the molecule is CC[C@@](N)(CS)C(=O)O. The molecule has 0 aromatic rings. The zero-order chi connectivity index (χ0) is 7.49. The molecule has 0 unspecified atom stereocenters. The fourth-order valence-electron chi connectivity index (χ4n) is 0.331. The molecule has 0 spiro atoms. The fraction of sp³-hybridized carbons (Fsp3) is 0.800. The standard InChI is InChI=1S/C5H11NO2S/c1-2-5(6,3-9)4(7)8/h9H,2-3,6H2,1H3,(H,7,8)/t5-/m1/s1. The van der Waals surface area contributed by atoms with Gasteiger partial charge in [0.15, 0.2) is 0 Å². The summed E-state index contributed by atoms with van der Waals surface area (Å²) in [7, 11) is 0. The van der Waals surface area contributed by atoms with Gasteiger partial charge in [0.1, 0.15) is 5.54 Å². The number of carboxylic acid groups (broad SMARTS) is 1. The van der Waals surface area contributed by atoms with Crippen LogP contribution in [0.15, 0.2) is 0 Å². The Morgan fingerprint density at radius 3 is 2.33 bits per heavy atom. The Labute approximate surface area is 59.6 Å². The van der Waals surface area contributed by atoms with Crippen molar-refractivity contribution in [3.8, 4) is 0 Å². The lowest BCUT2D eigenvalue weighted by Crippen LogP contribution is -2.49. The molecule has 1 atom stereocenters. The van der Waals surface area contributed by atoms with Crippen molar-refractivity contribution in [2.24, 2.45) is 5.73 Å². The van der Waals surface area contributed by atoms with Crippen LogP contribution >= 0.6 is 12.6 Å². The summed E-state index contributed by atoms with van der Waals surface area (Å²) >= 11 is 3.81. The topological polar surface area (TPSA) is 63.3 Å². The molecule has 9 heavy (non-hydrogen) atoms. The molecule has 0 aromatic heterocycles. The van der Waals surface area contributed by atoms with Gasteiger partial charge in [0.25, 0.3) is 0 Å². The van der Waals surface area contributed by atoms with Gasteiger partial charge in [-0.05, 0) is 6.42 Å². The fourth-order valence-corrected chi connectivity index (χ4v) is 0.690. The third-order valence-corrected chi connectivity index (χ3v) is 1.90. The summed E-state index contributed by atoms with van der Waals surface area (Å²) in [6.45, 7) is 1.73. The molecular weight excluding hydrogens is 138 g/mol. The van der Waals surface area contributed by atoms with Crippen LogP contribution in [0, 0.1) is 0 Å².